The van der Waals surface area contributed by atoms with Crippen molar-refractivity contribution in [2.24, 2.45) is 0 Å². The Labute approximate surface area is 48.2 Å². The van der Waals surface area contributed by atoms with Gasteiger partial charge in [-0.15, -0.1) is 5.87 Å². The molecule has 0 aliphatic rings. The molecule has 0 N–H and O–H groups in total. The van der Waals surface area contributed by atoms with Crippen LogP contribution in [0.1, 0.15) is 6.92 Å². The summed E-state index contributed by atoms with van der Waals surface area (Å²) in [5, 5.41) is 0. The minimum Gasteiger partial charge on any atom is -0.321 e. The molecular formula is C4H10B2S. The Morgan fingerprint density at radius 3 is 1.71 bits per heavy atom. The van der Waals surface area contributed by atoms with Crippen molar-refractivity contribution in [2.75, 3.05) is 12.0 Å². The fraction of sp³-hybridized carbons (Fsp3) is 0.750. The normalized spacial score (nSPS) is 17.7. The Bertz CT molecular complexity index is 111. The molecular weight excluding hydrogens is 102 g/mol. The molecule has 0 aromatic heterocycles. The standard InChI is InChI=1S/C4H10B2S/c1-4-7(2,3,5)6/h2,4H2,1,3H3. The Hall–Kier alpha value is 0.350. The van der Waals surface area contributed by atoms with Crippen LogP contribution >= 0.6 is 8.45 Å². The van der Waals surface area contributed by atoms with Crippen molar-refractivity contribution >= 4 is 28.6 Å². The van der Waals surface area contributed by atoms with E-state index in [4.69, 9.17) is 14.2 Å². The molecule has 0 spiro atoms. The second-order valence-corrected chi connectivity index (χ2v) is 7.03. The summed E-state index contributed by atoms with van der Waals surface area (Å²) in [5.41, 5.74) is 0. The average molecular weight is 112 g/mol. The predicted molar refractivity (Wildman–Crippen MR) is 42.7 cm³/mol. The smallest absolute Gasteiger partial charge is 0.121 e. The maximum Gasteiger partial charge on any atom is 0.121 e. The fourth-order valence-electron chi connectivity index (χ4n) is 0. The van der Waals surface area contributed by atoms with Crippen molar-refractivity contribution < 1.29 is 0 Å². The maximum absolute atomic E-state index is 5.55. The van der Waals surface area contributed by atoms with E-state index in [0.29, 0.717) is 0 Å². The fourth-order valence-corrected chi connectivity index (χ4v) is 0. The van der Waals surface area contributed by atoms with Crippen LogP contribution in [0.4, 0.5) is 0 Å². The zero-order valence-corrected chi connectivity index (χ0v) is 5.79. The summed E-state index contributed by atoms with van der Waals surface area (Å²) in [4.78, 5) is 0. The van der Waals surface area contributed by atoms with Crippen molar-refractivity contribution in [1.82, 2.24) is 0 Å². The Morgan fingerprint density at radius 2 is 1.71 bits per heavy atom. The lowest BCUT2D eigenvalue weighted by molar-refractivity contribution is 1.52. The lowest BCUT2D eigenvalue weighted by atomic mass is 10.7. The number of hydrogen-bond donors (Lipinski definition) is 0. The largest absolute Gasteiger partial charge is 0.321 e. The van der Waals surface area contributed by atoms with Gasteiger partial charge in [0, 0.05) is 0 Å². The van der Waals surface area contributed by atoms with Crippen LogP contribution in [-0.4, -0.2) is 32.1 Å². The molecule has 0 rings (SSSR count). The molecule has 0 aromatic carbocycles. The van der Waals surface area contributed by atoms with Crippen LogP contribution in [0.3, 0.4) is 0 Å². The zero-order chi connectivity index (χ0) is 6.15. The lowest BCUT2D eigenvalue weighted by Crippen LogP contribution is -2.06. The highest BCUT2D eigenvalue weighted by molar-refractivity contribution is 8.74. The molecule has 3 heteroatoms. The molecule has 4 radical (unpaired) electrons. The highest BCUT2D eigenvalue weighted by Crippen LogP contribution is 2.40. The molecule has 0 saturated heterocycles. The van der Waals surface area contributed by atoms with Gasteiger partial charge in [-0.3, -0.25) is 0 Å². The van der Waals surface area contributed by atoms with Crippen molar-refractivity contribution in [1.29, 1.82) is 0 Å². The van der Waals surface area contributed by atoms with Crippen LogP contribution in [0.25, 0.3) is 0 Å². The van der Waals surface area contributed by atoms with Gasteiger partial charge in [-0.2, -0.15) is 0 Å². The first kappa shape index (κ1) is 7.35. The molecule has 0 aliphatic carbocycles. The Balaban J connectivity index is 4.14. The van der Waals surface area contributed by atoms with Crippen LogP contribution in [0.5, 0.6) is 0 Å². The molecule has 0 saturated carbocycles. The van der Waals surface area contributed by atoms with Gasteiger partial charge in [-0.1, -0.05) is 13.2 Å². The molecule has 0 aromatic rings. The summed E-state index contributed by atoms with van der Waals surface area (Å²) >= 11 is 0. The zero-order valence-electron chi connectivity index (χ0n) is 4.98. The summed E-state index contributed by atoms with van der Waals surface area (Å²) in [6.45, 7) is 1.95. The maximum atomic E-state index is 5.55. The summed E-state index contributed by atoms with van der Waals surface area (Å²) < 4.78 is 0. The molecule has 0 fully saturated rings. The summed E-state index contributed by atoms with van der Waals surface area (Å²) in [5.74, 6) is 4.47. The third-order valence-corrected chi connectivity index (χ3v) is 2.48. The van der Waals surface area contributed by atoms with Gasteiger partial charge < -0.3 is 8.45 Å². The highest BCUT2D eigenvalue weighted by Gasteiger charge is 2.05. The quantitative estimate of drug-likeness (QED) is 0.343. The van der Waals surface area contributed by atoms with Gasteiger partial charge >= 0.3 is 0 Å². The van der Waals surface area contributed by atoms with E-state index in [1.165, 1.54) is 0 Å². The molecule has 0 amide bonds. The first-order chi connectivity index (χ1) is 2.81. The van der Waals surface area contributed by atoms with Gasteiger partial charge in [-0.25, -0.2) is 0 Å². The molecule has 0 nitrogen and oxygen atoms in total. The molecule has 0 bridgehead atoms. The van der Waals surface area contributed by atoms with Crippen LogP contribution in [0, 0.1) is 0 Å². The Kier molecular flexibility index (Phi) is 1.48. The van der Waals surface area contributed by atoms with E-state index in [2.05, 4.69) is 5.87 Å². The van der Waals surface area contributed by atoms with Crippen LogP contribution in [0.2, 0.25) is 0 Å². The summed E-state index contributed by atoms with van der Waals surface area (Å²) in [7, 11) is 8.99. The average Bonchev–Trinajstić information content (AvgIpc) is 1.32. The van der Waals surface area contributed by atoms with Gasteiger partial charge in [0.25, 0.3) is 0 Å². The van der Waals surface area contributed by atoms with Crippen molar-refractivity contribution in [2.45, 2.75) is 6.92 Å². The molecule has 0 atom stereocenters. The SMILES string of the molecule is [B]S([B])(=C)(C)CC. The van der Waals surface area contributed by atoms with Gasteiger partial charge in [0.05, 0.1) is 0 Å². The predicted octanol–water partition coefficient (Wildman–Crippen LogP) is 0.575. The number of rotatable bonds is 1. The molecule has 0 unspecified atom stereocenters. The second kappa shape index (κ2) is 1.41. The van der Waals surface area contributed by atoms with E-state index in [9.17, 15) is 0 Å². The van der Waals surface area contributed by atoms with E-state index in [-0.39, 0.29) is 0 Å². The molecule has 0 heterocycles. The third kappa shape index (κ3) is 6.35. The topological polar surface area (TPSA) is 0 Å². The highest BCUT2D eigenvalue weighted by atomic mass is 32.3. The molecule has 0 aliphatic heterocycles. The summed E-state index contributed by atoms with van der Waals surface area (Å²) in [6.07, 6.45) is 1.82. The van der Waals surface area contributed by atoms with E-state index in [0.717, 1.165) is 5.75 Å². The minimum atomic E-state index is -2.12. The van der Waals surface area contributed by atoms with Gasteiger partial charge in [0.2, 0.25) is 0 Å². The van der Waals surface area contributed by atoms with Gasteiger partial charge in [0.15, 0.2) is 0 Å². The van der Waals surface area contributed by atoms with Crippen LogP contribution in [-0.2, 0) is 0 Å². The van der Waals surface area contributed by atoms with E-state index in [1.54, 1.807) is 0 Å². The number of hydrogen-bond acceptors (Lipinski definition) is 0. The minimum absolute atomic E-state index is 0.789. The van der Waals surface area contributed by atoms with Gasteiger partial charge in [0.1, 0.15) is 14.2 Å². The monoisotopic (exact) mass is 112 g/mol. The lowest BCUT2D eigenvalue weighted by Gasteiger charge is -2.34. The van der Waals surface area contributed by atoms with Crippen molar-refractivity contribution in [3.8, 4) is 0 Å². The van der Waals surface area contributed by atoms with E-state index < -0.39 is 8.45 Å². The first-order valence-electron chi connectivity index (χ1n) is 2.16. The van der Waals surface area contributed by atoms with Crippen molar-refractivity contribution in [3.05, 3.63) is 0 Å². The Morgan fingerprint density at radius 1 is 1.57 bits per heavy atom. The van der Waals surface area contributed by atoms with Crippen molar-refractivity contribution in [3.63, 3.8) is 0 Å². The van der Waals surface area contributed by atoms with Crippen LogP contribution in [0.15, 0.2) is 0 Å². The molecule has 38 valence electrons. The van der Waals surface area contributed by atoms with E-state index >= 15 is 0 Å². The van der Waals surface area contributed by atoms with Gasteiger partial charge in [-0.05, 0) is 5.75 Å². The second-order valence-electron chi connectivity index (χ2n) is 2.34. The molecule has 7 heavy (non-hydrogen) atoms. The summed E-state index contributed by atoms with van der Waals surface area (Å²) in [6, 6.07) is 0. The van der Waals surface area contributed by atoms with E-state index in [1.807, 2.05) is 13.2 Å². The third-order valence-electron chi connectivity index (χ3n) is 0.826. The van der Waals surface area contributed by atoms with Crippen LogP contribution < -0.4 is 0 Å². The first-order valence-corrected chi connectivity index (χ1v) is 5.08.